The number of rotatable bonds is 4. The molecule has 0 aliphatic carbocycles. The van der Waals surface area contributed by atoms with Gasteiger partial charge in [0.25, 0.3) is 0 Å². The quantitative estimate of drug-likeness (QED) is 0.191. The lowest BCUT2D eigenvalue weighted by Gasteiger charge is -2.42. The van der Waals surface area contributed by atoms with Crippen molar-refractivity contribution < 1.29 is 0 Å². The van der Waals surface area contributed by atoms with Gasteiger partial charge < -0.3 is 9.47 Å². The van der Waals surface area contributed by atoms with Crippen LogP contribution in [0.1, 0.15) is 49.9 Å². The molecule has 0 N–H and O–H groups in total. The fourth-order valence-corrected chi connectivity index (χ4v) is 8.86. The summed E-state index contributed by atoms with van der Waals surface area (Å²) in [5, 5.41) is 5.12. The van der Waals surface area contributed by atoms with Crippen LogP contribution in [0.15, 0.2) is 146 Å². The molecular weight excluding hydrogens is 581 g/mol. The Balaban J connectivity index is 1.30. The maximum absolute atomic E-state index is 2.61. The fourth-order valence-electron chi connectivity index (χ4n) is 8.86. The van der Waals surface area contributed by atoms with Crippen molar-refractivity contribution in [2.45, 2.75) is 38.5 Å². The molecule has 2 heteroatoms. The summed E-state index contributed by atoms with van der Waals surface area (Å²) in [5.74, 6) is 0. The minimum absolute atomic E-state index is 0.0961. The third-order valence-corrected chi connectivity index (χ3v) is 11.3. The summed E-state index contributed by atoms with van der Waals surface area (Å²) in [6, 6.07) is 54.0. The van der Waals surface area contributed by atoms with Gasteiger partial charge in [-0.1, -0.05) is 143 Å². The highest BCUT2D eigenvalue weighted by Crippen LogP contribution is 2.56. The van der Waals surface area contributed by atoms with Crippen molar-refractivity contribution >= 4 is 49.6 Å². The molecule has 3 heterocycles. The standard InChI is InChI=1S/C46H36N2/c1-45(2)37-19-11-18-35-36-27-33(28-40-43(36)48(42(35)37)44-38(45)20-12-21-39(44)46(40,3)4)47(41-22-10-16-31-15-8-9-17-34(31)41)32-25-23-30(24-26-32)29-13-6-5-7-14-29/h5-28H,1-4H3. The maximum Gasteiger partial charge on any atom is 0.0583 e. The number of fused-ring (bicyclic) bond motifs is 2. The van der Waals surface area contributed by atoms with Crippen LogP contribution in [-0.2, 0) is 10.8 Å². The summed E-state index contributed by atoms with van der Waals surface area (Å²) in [6.45, 7) is 9.63. The third-order valence-electron chi connectivity index (χ3n) is 11.3. The largest absolute Gasteiger partial charge is 0.310 e. The fraction of sp³-hybridized carbons (Fsp3) is 0.130. The molecule has 2 aliphatic heterocycles. The van der Waals surface area contributed by atoms with Gasteiger partial charge in [-0.05, 0) is 69.1 Å². The van der Waals surface area contributed by atoms with E-state index in [4.69, 9.17) is 0 Å². The van der Waals surface area contributed by atoms with Crippen molar-refractivity contribution in [1.82, 2.24) is 4.57 Å². The third kappa shape index (κ3) is 3.52. The molecule has 7 aromatic carbocycles. The minimum atomic E-state index is -0.195. The van der Waals surface area contributed by atoms with Crippen molar-refractivity contribution in [3.8, 4) is 16.8 Å². The number of para-hydroxylation sites is 2. The summed E-state index contributed by atoms with van der Waals surface area (Å²) in [4.78, 5) is 2.48. The molecule has 10 rings (SSSR count). The van der Waals surface area contributed by atoms with Crippen LogP contribution < -0.4 is 4.90 Å². The highest BCUT2D eigenvalue weighted by molar-refractivity contribution is 6.15. The molecule has 0 atom stereocenters. The monoisotopic (exact) mass is 616 g/mol. The van der Waals surface area contributed by atoms with Gasteiger partial charge in [-0.3, -0.25) is 0 Å². The van der Waals surface area contributed by atoms with Gasteiger partial charge in [0.2, 0.25) is 0 Å². The van der Waals surface area contributed by atoms with E-state index in [1.807, 2.05) is 0 Å². The van der Waals surface area contributed by atoms with Crippen LogP contribution in [-0.4, -0.2) is 4.57 Å². The van der Waals surface area contributed by atoms with E-state index in [1.54, 1.807) is 0 Å². The predicted octanol–water partition coefficient (Wildman–Crippen LogP) is 12.4. The Morgan fingerprint density at radius 2 is 1.02 bits per heavy atom. The Kier molecular flexibility index (Phi) is 5.44. The van der Waals surface area contributed by atoms with Crippen LogP contribution >= 0.6 is 0 Å². The van der Waals surface area contributed by atoms with Gasteiger partial charge in [0.1, 0.15) is 0 Å². The SMILES string of the molecule is CC1(C)c2cccc3c2-n2c4c1cccc4c1cc(N(c4ccc(-c5ccccc5)cc4)c4cccc5ccccc45)cc(c12)C3(C)C. The van der Waals surface area contributed by atoms with E-state index < -0.39 is 0 Å². The topological polar surface area (TPSA) is 8.17 Å². The van der Waals surface area contributed by atoms with Crippen molar-refractivity contribution in [2.75, 3.05) is 4.90 Å². The number of nitrogens with zero attached hydrogens (tertiary/aromatic N) is 2. The smallest absolute Gasteiger partial charge is 0.0583 e. The molecule has 0 saturated heterocycles. The lowest BCUT2D eigenvalue weighted by molar-refractivity contribution is 0.593. The Morgan fingerprint density at radius 3 is 1.81 bits per heavy atom. The first-order chi connectivity index (χ1) is 23.3. The minimum Gasteiger partial charge on any atom is -0.310 e. The first-order valence-electron chi connectivity index (χ1n) is 17.0. The first-order valence-corrected chi connectivity index (χ1v) is 17.0. The number of benzene rings is 7. The van der Waals surface area contributed by atoms with E-state index in [0.717, 1.165) is 5.69 Å². The lowest BCUT2D eigenvalue weighted by Crippen LogP contribution is -2.33. The molecule has 230 valence electrons. The summed E-state index contributed by atoms with van der Waals surface area (Å²) >= 11 is 0. The molecular formula is C46H36N2. The van der Waals surface area contributed by atoms with Crippen molar-refractivity contribution in [1.29, 1.82) is 0 Å². The first kappa shape index (κ1) is 27.5. The zero-order chi connectivity index (χ0) is 32.4. The van der Waals surface area contributed by atoms with Crippen molar-refractivity contribution in [2.24, 2.45) is 0 Å². The van der Waals surface area contributed by atoms with Crippen LogP contribution in [0.3, 0.4) is 0 Å². The summed E-state index contributed by atoms with van der Waals surface area (Å²) in [5.41, 5.74) is 15.3. The van der Waals surface area contributed by atoms with E-state index in [9.17, 15) is 0 Å². The number of anilines is 3. The van der Waals surface area contributed by atoms with Crippen molar-refractivity contribution in [3.05, 3.63) is 168 Å². The van der Waals surface area contributed by atoms with E-state index in [1.165, 1.54) is 83.0 Å². The second kappa shape index (κ2) is 9.49. The summed E-state index contributed by atoms with van der Waals surface area (Å²) in [6.07, 6.45) is 0. The van der Waals surface area contributed by atoms with Crippen LogP contribution in [0.2, 0.25) is 0 Å². The highest BCUT2D eigenvalue weighted by atomic mass is 15.1. The molecule has 0 radical (unpaired) electrons. The van der Waals surface area contributed by atoms with Gasteiger partial charge in [-0.15, -0.1) is 0 Å². The summed E-state index contributed by atoms with van der Waals surface area (Å²) in [7, 11) is 0. The van der Waals surface area contributed by atoms with E-state index in [-0.39, 0.29) is 10.8 Å². The van der Waals surface area contributed by atoms with Gasteiger partial charge in [0.15, 0.2) is 0 Å². The molecule has 2 aliphatic rings. The predicted molar refractivity (Wildman–Crippen MR) is 203 cm³/mol. The van der Waals surface area contributed by atoms with Crippen LogP contribution in [0.25, 0.3) is 49.4 Å². The molecule has 0 spiro atoms. The van der Waals surface area contributed by atoms with Crippen molar-refractivity contribution in [3.63, 3.8) is 0 Å². The summed E-state index contributed by atoms with van der Waals surface area (Å²) < 4.78 is 2.61. The van der Waals surface area contributed by atoms with Crippen LogP contribution in [0.4, 0.5) is 17.1 Å². The van der Waals surface area contributed by atoms with Crippen LogP contribution in [0.5, 0.6) is 0 Å². The van der Waals surface area contributed by atoms with E-state index in [2.05, 4.69) is 183 Å². The number of hydrogen-bond acceptors (Lipinski definition) is 1. The molecule has 0 fully saturated rings. The van der Waals surface area contributed by atoms with Gasteiger partial charge in [-0.2, -0.15) is 0 Å². The number of aromatic nitrogens is 1. The second-order valence-corrected chi connectivity index (χ2v) is 14.6. The normalized spacial score (nSPS) is 15.0. The Hall–Kier alpha value is -5.60. The Bertz CT molecular complexity index is 2600. The molecule has 2 nitrogen and oxygen atoms in total. The van der Waals surface area contributed by atoms with E-state index >= 15 is 0 Å². The van der Waals surface area contributed by atoms with Gasteiger partial charge in [-0.25, -0.2) is 0 Å². The molecule has 0 saturated carbocycles. The highest BCUT2D eigenvalue weighted by Gasteiger charge is 2.43. The molecule has 48 heavy (non-hydrogen) atoms. The maximum atomic E-state index is 2.61. The Morgan fingerprint density at radius 1 is 0.438 bits per heavy atom. The van der Waals surface area contributed by atoms with Crippen LogP contribution in [0, 0.1) is 0 Å². The van der Waals surface area contributed by atoms with Gasteiger partial charge in [0.05, 0.1) is 22.4 Å². The average molecular weight is 617 g/mol. The average Bonchev–Trinajstić information content (AvgIpc) is 3.45. The molecule has 8 aromatic rings. The second-order valence-electron chi connectivity index (χ2n) is 14.6. The number of hydrogen-bond donors (Lipinski definition) is 0. The van der Waals surface area contributed by atoms with Gasteiger partial charge in [0, 0.05) is 38.4 Å². The zero-order valence-corrected chi connectivity index (χ0v) is 27.8. The van der Waals surface area contributed by atoms with Gasteiger partial charge >= 0.3 is 0 Å². The molecule has 0 amide bonds. The molecule has 0 unspecified atom stereocenters. The molecule has 1 aromatic heterocycles. The zero-order valence-electron chi connectivity index (χ0n) is 27.8. The lowest BCUT2D eigenvalue weighted by atomic mass is 9.68. The molecule has 0 bridgehead atoms. The van der Waals surface area contributed by atoms with E-state index in [0.29, 0.717) is 0 Å². The Labute approximate surface area is 281 Å².